The zero-order valence-corrected chi connectivity index (χ0v) is 15.5. The lowest BCUT2D eigenvalue weighted by atomic mass is 9.96. The van der Waals surface area contributed by atoms with Crippen molar-refractivity contribution in [2.45, 2.75) is 38.1 Å². The summed E-state index contributed by atoms with van der Waals surface area (Å²) in [6.07, 6.45) is 7.92. The molecule has 2 fully saturated rings. The Bertz CT molecular complexity index is 786. The number of amides is 1. The Morgan fingerprint density at radius 3 is 2.92 bits per heavy atom. The molecular formula is C17H17N3OS3. The molecule has 124 valence electrons. The number of amidine groups is 1. The SMILES string of the molecule is O=C1NC(=NC2CCCCC2)S/C1=C/c1csc(-c2ccsc2)n1. The first-order valence-electron chi connectivity index (χ1n) is 8.05. The largest absolute Gasteiger partial charge is 0.301 e. The summed E-state index contributed by atoms with van der Waals surface area (Å²) in [6, 6.07) is 2.43. The Kier molecular flexibility index (Phi) is 4.82. The highest BCUT2D eigenvalue weighted by Crippen LogP contribution is 2.31. The second-order valence-electron chi connectivity index (χ2n) is 5.88. The van der Waals surface area contributed by atoms with Crippen LogP contribution in [0.4, 0.5) is 0 Å². The van der Waals surface area contributed by atoms with Gasteiger partial charge in [0.25, 0.3) is 5.91 Å². The van der Waals surface area contributed by atoms with Crippen molar-refractivity contribution in [2.24, 2.45) is 4.99 Å². The van der Waals surface area contributed by atoms with Crippen LogP contribution in [0.1, 0.15) is 37.8 Å². The van der Waals surface area contributed by atoms with Crippen LogP contribution >= 0.6 is 34.4 Å². The van der Waals surface area contributed by atoms with Crippen molar-refractivity contribution in [3.63, 3.8) is 0 Å². The molecule has 1 N–H and O–H groups in total. The number of hydrogen-bond donors (Lipinski definition) is 1. The van der Waals surface area contributed by atoms with Crippen molar-refractivity contribution in [2.75, 3.05) is 0 Å². The lowest BCUT2D eigenvalue weighted by Gasteiger charge is -2.17. The molecule has 1 aliphatic heterocycles. The van der Waals surface area contributed by atoms with Crippen molar-refractivity contribution in [1.82, 2.24) is 10.3 Å². The van der Waals surface area contributed by atoms with E-state index in [4.69, 9.17) is 4.99 Å². The normalized spacial score (nSPS) is 22.4. The Morgan fingerprint density at radius 1 is 1.25 bits per heavy atom. The lowest BCUT2D eigenvalue weighted by molar-refractivity contribution is -0.115. The van der Waals surface area contributed by atoms with Gasteiger partial charge in [-0.3, -0.25) is 9.79 Å². The van der Waals surface area contributed by atoms with Gasteiger partial charge in [0.1, 0.15) is 5.01 Å². The maximum atomic E-state index is 12.2. The minimum absolute atomic E-state index is 0.0698. The average Bonchev–Trinajstić information content (AvgIpc) is 3.31. The number of nitrogens with zero attached hydrogens (tertiary/aromatic N) is 2. The van der Waals surface area contributed by atoms with Crippen LogP contribution in [0, 0.1) is 0 Å². The molecule has 2 aromatic heterocycles. The van der Waals surface area contributed by atoms with E-state index < -0.39 is 0 Å². The Labute approximate surface area is 153 Å². The fraction of sp³-hybridized carbons (Fsp3) is 0.353. The first-order valence-corrected chi connectivity index (χ1v) is 10.7. The van der Waals surface area contributed by atoms with Crippen LogP contribution in [0.3, 0.4) is 0 Å². The standard InChI is InChI=1S/C17H17N3OS3/c21-15-14(24-17(20-15)19-12-4-2-1-3-5-12)8-13-10-23-16(18-13)11-6-7-22-9-11/h6-10,12H,1-5H2,(H,19,20,21)/b14-8+. The summed E-state index contributed by atoms with van der Waals surface area (Å²) in [5, 5.41) is 10.7. The molecule has 0 radical (unpaired) electrons. The third-order valence-electron chi connectivity index (χ3n) is 4.09. The second-order valence-corrected chi connectivity index (χ2v) is 8.55. The van der Waals surface area contributed by atoms with Gasteiger partial charge < -0.3 is 5.32 Å². The topological polar surface area (TPSA) is 54.4 Å². The predicted molar refractivity (Wildman–Crippen MR) is 103 cm³/mol. The second kappa shape index (κ2) is 7.21. The van der Waals surface area contributed by atoms with E-state index in [-0.39, 0.29) is 5.91 Å². The van der Waals surface area contributed by atoms with E-state index in [0.29, 0.717) is 10.9 Å². The van der Waals surface area contributed by atoms with Crippen LogP contribution in [-0.4, -0.2) is 22.1 Å². The molecule has 1 saturated carbocycles. The highest BCUT2D eigenvalue weighted by molar-refractivity contribution is 8.18. The third-order valence-corrected chi connectivity index (χ3v) is 6.61. The van der Waals surface area contributed by atoms with E-state index >= 15 is 0 Å². The van der Waals surface area contributed by atoms with Crippen LogP contribution in [-0.2, 0) is 4.79 Å². The molecule has 0 atom stereocenters. The van der Waals surface area contributed by atoms with Gasteiger partial charge in [0.05, 0.1) is 16.6 Å². The summed E-state index contributed by atoms with van der Waals surface area (Å²) in [7, 11) is 0. The zero-order chi connectivity index (χ0) is 16.4. The van der Waals surface area contributed by atoms with Crippen LogP contribution in [0.2, 0.25) is 0 Å². The summed E-state index contributed by atoms with van der Waals surface area (Å²) in [5.74, 6) is -0.0698. The molecule has 3 heterocycles. The molecule has 0 aromatic carbocycles. The van der Waals surface area contributed by atoms with Crippen LogP contribution < -0.4 is 5.32 Å². The molecule has 1 saturated heterocycles. The van der Waals surface area contributed by atoms with Crippen LogP contribution in [0.15, 0.2) is 32.1 Å². The molecule has 0 bridgehead atoms. The third kappa shape index (κ3) is 3.63. The highest BCUT2D eigenvalue weighted by atomic mass is 32.2. The molecule has 0 unspecified atom stereocenters. The Morgan fingerprint density at radius 2 is 2.12 bits per heavy atom. The number of thiophene rings is 1. The maximum absolute atomic E-state index is 12.2. The van der Waals surface area contributed by atoms with Crippen LogP contribution in [0.25, 0.3) is 16.6 Å². The number of carbonyl (C=O) groups is 1. The quantitative estimate of drug-likeness (QED) is 0.787. The summed E-state index contributed by atoms with van der Waals surface area (Å²) < 4.78 is 0. The lowest BCUT2D eigenvalue weighted by Crippen LogP contribution is -2.22. The Hall–Kier alpha value is -1.44. The first-order chi connectivity index (χ1) is 11.8. The van der Waals surface area contributed by atoms with Gasteiger partial charge in [-0.25, -0.2) is 4.98 Å². The van der Waals surface area contributed by atoms with Gasteiger partial charge >= 0.3 is 0 Å². The van der Waals surface area contributed by atoms with Gasteiger partial charge in [-0.1, -0.05) is 19.3 Å². The smallest absolute Gasteiger partial charge is 0.264 e. The number of aliphatic imine (C=N–C) groups is 1. The fourth-order valence-electron chi connectivity index (χ4n) is 2.87. The van der Waals surface area contributed by atoms with Gasteiger partial charge in [0.15, 0.2) is 5.17 Å². The predicted octanol–water partition coefficient (Wildman–Crippen LogP) is 4.76. The van der Waals surface area contributed by atoms with E-state index in [0.717, 1.165) is 34.3 Å². The number of carbonyl (C=O) groups excluding carboxylic acids is 1. The number of thiazole rings is 1. The number of hydrogen-bond acceptors (Lipinski definition) is 6. The highest BCUT2D eigenvalue weighted by Gasteiger charge is 2.25. The van der Waals surface area contributed by atoms with Crippen molar-refractivity contribution >= 4 is 51.6 Å². The molecule has 2 aromatic rings. The van der Waals surface area contributed by atoms with Gasteiger partial charge in [0.2, 0.25) is 0 Å². The molecule has 4 nitrogen and oxygen atoms in total. The summed E-state index contributed by atoms with van der Waals surface area (Å²) in [6.45, 7) is 0. The van der Waals surface area contributed by atoms with Crippen molar-refractivity contribution in [1.29, 1.82) is 0 Å². The number of nitrogens with one attached hydrogen (secondary N) is 1. The average molecular weight is 376 g/mol. The summed E-state index contributed by atoms with van der Waals surface area (Å²) in [4.78, 5) is 22.2. The van der Waals surface area contributed by atoms with Crippen molar-refractivity contribution in [3.05, 3.63) is 32.8 Å². The number of thioether (sulfide) groups is 1. The fourth-order valence-corrected chi connectivity index (χ4v) is 5.24. The molecule has 7 heteroatoms. The summed E-state index contributed by atoms with van der Waals surface area (Å²) >= 11 is 4.69. The van der Waals surface area contributed by atoms with Crippen LogP contribution in [0.5, 0.6) is 0 Å². The van der Waals surface area contributed by atoms with E-state index in [1.165, 1.54) is 31.0 Å². The van der Waals surface area contributed by atoms with Gasteiger partial charge in [-0.2, -0.15) is 11.3 Å². The molecule has 0 spiro atoms. The van der Waals surface area contributed by atoms with E-state index in [1.54, 1.807) is 22.7 Å². The van der Waals surface area contributed by atoms with Crippen molar-refractivity contribution in [3.8, 4) is 10.6 Å². The van der Waals surface area contributed by atoms with E-state index in [1.807, 2.05) is 16.8 Å². The molecular weight excluding hydrogens is 358 g/mol. The molecule has 1 amide bonds. The molecule has 24 heavy (non-hydrogen) atoms. The monoisotopic (exact) mass is 375 g/mol. The van der Waals surface area contributed by atoms with Gasteiger partial charge in [0, 0.05) is 16.3 Å². The molecule has 2 aliphatic rings. The van der Waals surface area contributed by atoms with Gasteiger partial charge in [-0.05, 0) is 42.1 Å². The molecule has 4 rings (SSSR count). The van der Waals surface area contributed by atoms with E-state index in [2.05, 4.69) is 21.7 Å². The molecule has 1 aliphatic carbocycles. The maximum Gasteiger partial charge on any atom is 0.264 e. The minimum Gasteiger partial charge on any atom is -0.301 e. The minimum atomic E-state index is -0.0698. The zero-order valence-electron chi connectivity index (χ0n) is 13.0. The summed E-state index contributed by atoms with van der Waals surface area (Å²) in [5.41, 5.74) is 1.97. The first kappa shape index (κ1) is 16.1. The number of rotatable bonds is 3. The van der Waals surface area contributed by atoms with Crippen molar-refractivity contribution < 1.29 is 4.79 Å². The Balaban J connectivity index is 1.49. The number of aromatic nitrogens is 1. The van der Waals surface area contributed by atoms with Gasteiger partial charge in [-0.15, -0.1) is 11.3 Å². The van der Waals surface area contributed by atoms with E-state index in [9.17, 15) is 4.79 Å².